The second-order valence-corrected chi connectivity index (χ2v) is 6.43. The summed E-state index contributed by atoms with van der Waals surface area (Å²) in [5.41, 5.74) is 6.07. The monoisotopic (exact) mass is 382 g/mol. The molecule has 4 N–H and O–H groups in total. The highest BCUT2D eigenvalue weighted by atomic mass is 35.5. The van der Waals surface area contributed by atoms with Gasteiger partial charge in [0.2, 0.25) is 11.8 Å². The van der Waals surface area contributed by atoms with Crippen LogP contribution in [0.5, 0.6) is 5.88 Å². The highest BCUT2D eigenvalue weighted by Gasteiger charge is 2.48. The largest absolute Gasteiger partial charge is 0.468 e. The quantitative estimate of drug-likeness (QED) is 0.682. The van der Waals surface area contributed by atoms with E-state index in [9.17, 15) is 9.50 Å². The lowest BCUT2D eigenvalue weighted by Gasteiger charge is -2.18. The zero-order valence-corrected chi connectivity index (χ0v) is 14.2. The van der Waals surface area contributed by atoms with Crippen molar-refractivity contribution in [2.75, 3.05) is 24.3 Å². The van der Waals surface area contributed by atoms with Gasteiger partial charge < -0.3 is 30.4 Å². The number of nitrogen functional groups attached to an aromatic ring is 1. The number of aliphatic hydroxyl groups is 1. The predicted molar refractivity (Wildman–Crippen MR) is 91.0 cm³/mol. The molecule has 10 heteroatoms. The number of hydrogen-bond donors (Lipinski definition) is 3. The second kappa shape index (κ2) is 6.84. The number of nitrogens with one attached hydrogen (secondary N) is 1. The summed E-state index contributed by atoms with van der Waals surface area (Å²) >= 11 is 6.12. The van der Waals surface area contributed by atoms with Crippen LogP contribution in [0.4, 0.5) is 21.7 Å². The van der Waals surface area contributed by atoms with Crippen molar-refractivity contribution >= 4 is 28.9 Å². The Bertz CT molecular complexity index is 827. The third-order valence-corrected chi connectivity index (χ3v) is 4.47. The molecule has 0 unspecified atom stereocenters. The van der Waals surface area contributed by atoms with Crippen LogP contribution >= 0.6 is 11.6 Å². The first-order valence-electron chi connectivity index (χ1n) is 7.94. The van der Waals surface area contributed by atoms with Crippen LogP contribution in [-0.2, 0) is 9.47 Å². The number of aliphatic hydroxyl groups excluding tert-OH is 1. The fourth-order valence-corrected chi connectivity index (χ4v) is 3.07. The van der Waals surface area contributed by atoms with Crippen molar-refractivity contribution in [3.8, 4) is 5.88 Å². The second-order valence-electron chi connectivity index (χ2n) is 6.03. The number of hydrogen-bond acceptors (Lipinski definition) is 8. The molecule has 4 rings (SSSR count). The molecule has 2 aromatic rings. The smallest absolute Gasteiger partial charge is 0.237 e. The fourth-order valence-electron chi connectivity index (χ4n) is 2.93. The van der Waals surface area contributed by atoms with E-state index in [1.54, 1.807) is 0 Å². The molecular weight excluding hydrogens is 367 g/mol. The van der Waals surface area contributed by atoms with Gasteiger partial charge in [0.15, 0.2) is 6.10 Å². The summed E-state index contributed by atoms with van der Waals surface area (Å²) in [4.78, 5) is 8.30. The van der Waals surface area contributed by atoms with Crippen molar-refractivity contribution in [2.45, 2.75) is 24.4 Å². The van der Waals surface area contributed by atoms with Crippen molar-refractivity contribution in [1.82, 2.24) is 9.97 Å². The summed E-state index contributed by atoms with van der Waals surface area (Å²) in [6.07, 6.45) is -0.532. The van der Waals surface area contributed by atoms with Crippen LogP contribution in [-0.4, -0.2) is 52.7 Å². The Kier molecular flexibility index (Phi) is 4.53. The summed E-state index contributed by atoms with van der Waals surface area (Å²) in [6.45, 7) is 0.454. The molecule has 4 atom stereocenters. The van der Waals surface area contributed by atoms with Gasteiger partial charge in [-0.25, -0.2) is 9.37 Å². The molecule has 0 aliphatic carbocycles. The first kappa shape index (κ1) is 17.2. The zero-order chi connectivity index (χ0) is 18.3. The number of nitrogens with zero attached hydrogens (tertiary/aromatic N) is 2. The Morgan fingerprint density at radius 2 is 2.12 bits per heavy atom. The van der Waals surface area contributed by atoms with Gasteiger partial charge in [-0.05, 0) is 18.2 Å². The standard InChI is InChI=1S/C16H16ClFN4O4/c17-8-4-20-16(21-7-1-2-9(18)10(19)3-7)22-15(8)26-12-6-25-13-11(23)5-24-14(12)13/h1-4,11-14,23H,5-6,19H2,(H,20,21,22)/t11-,12-,13-,14-/m1/s1. The Hall–Kier alpha value is -2.20. The molecule has 2 aliphatic heterocycles. The van der Waals surface area contributed by atoms with Gasteiger partial charge in [0, 0.05) is 5.69 Å². The molecule has 2 saturated heterocycles. The van der Waals surface area contributed by atoms with E-state index in [1.165, 1.54) is 24.4 Å². The average molecular weight is 383 g/mol. The Balaban J connectivity index is 1.50. The Morgan fingerprint density at radius 3 is 2.92 bits per heavy atom. The van der Waals surface area contributed by atoms with Crippen LogP contribution in [0.15, 0.2) is 24.4 Å². The molecule has 2 fully saturated rings. The number of fused-ring (bicyclic) bond motifs is 1. The summed E-state index contributed by atoms with van der Waals surface area (Å²) in [7, 11) is 0. The van der Waals surface area contributed by atoms with Crippen molar-refractivity contribution in [1.29, 1.82) is 0 Å². The molecule has 3 heterocycles. The Labute approximate surface area is 153 Å². The van der Waals surface area contributed by atoms with Gasteiger partial charge in [0.25, 0.3) is 0 Å². The van der Waals surface area contributed by atoms with Crippen molar-refractivity contribution in [3.05, 3.63) is 35.2 Å². The van der Waals surface area contributed by atoms with Gasteiger partial charge in [-0.3, -0.25) is 0 Å². The number of aromatic nitrogens is 2. The van der Waals surface area contributed by atoms with Gasteiger partial charge in [0.05, 0.1) is 25.1 Å². The molecular formula is C16H16ClFN4O4. The van der Waals surface area contributed by atoms with Crippen molar-refractivity contribution < 1.29 is 23.7 Å². The van der Waals surface area contributed by atoms with Gasteiger partial charge >= 0.3 is 0 Å². The SMILES string of the molecule is Nc1cc(Nc2ncc(Cl)c(O[C@@H]3CO[C@H]4[C@@H]3OC[C@H]4O)n2)ccc1F. The number of rotatable bonds is 4. The van der Waals surface area contributed by atoms with Crippen molar-refractivity contribution in [3.63, 3.8) is 0 Å². The lowest BCUT2D eigenvalue weighted by molar-refractivity contribution is 0.00782. The van der Waals surface area contributed by atoms with Crippen LogP contribution in [0.2, 0.25) is 5.02 Å². The Morgan fingerprint density at radius 1 is 1.31 bits per heavy atom. The lowest BCUT2D eigenvalue weighted by Crippen LogP contribution is -2.34. The first-order valence-corrected chi connectivity index (χ1v) is 8.31. The van der Waals surface area contributed by atoms with E-state index < -0.39 is 24.1 Å². The molecule has 138 valence electrons. The molecule has 0 spiro atoms. The average Bonchev–Trinajstić information content (AvgIpc) is 3.18. The summed E-state index contributed by atoms with van der Waals surface area (Å²) < 4.78 is 30.1. The predicted octanol–water partition coefficient (Wildman–Crippen LogP) is 1.50. The summed E-state index contributed by atoms with van der Waals surface area (Å²) in [5.74, 6) is -0.150. The van der Waals surface area contributed by atoms with E-state index in [0.29, 0.717) is 5.69 Å². The van der Waals surface area contributed by atoms with Crippen LogP contribution in [0.1, 0.15) is 0 Å². The van der Waals surface area contributed by atoms with E-state index in [2.05, 4.69) is 15.3 Å². The van der Waals surface area contributed by atoms with E-state index in [1.807, 2.05) is 0 Å². The van der Waals surface area contributed by atoms with Gasteiger partial charge in [-0.2, -0.15) is 4.98 Å². The van der Waals surface area contributed by atoms with E-state index in [4.69, 9.17) is 31.5 Å². The number of anilines is 3. The fraction of sp³-hybridized carbons (Fsp3) is 0.375. The highest BCUT2D eigenvalue weighted by molar-refractivity contribution is 6.31. The maximum absolute atomic E-state index is 13.3. The minimum absolute atomic E-state index is 0.00604. The molecule has 0 amide bonds. The summed E-state index contributed by atoms with van der Waals surface area (Å²) in [5, 5.41) is 12.9. The molecule has 26 heavy (non-hydrogen) atoms. The van der Waals surface area contributed by atoms with Crippen LogP contribution in [0.3, 0.4) is 0 Å². The maximum Gasteiger partial charge on any atom is 0.237 e. The normalized spacial score (nSPS) is 27.3. The van der Waals surface area contributed by atoms with Gasteiger partial charge in [-0.1, -0.05) is 11.6 Å². The maximum atomic E-state index is 13.3. The molecule has 0 bridgehead atoms. The van der Waals surface area contributed by atoms with Crippen LogP contribution < -0.4 is 15.8 Å². The topological polar surface area (TPSA) is 112 Å². The molecule has 1 aromatic heterocycles. The molecule has 1 aromatic carbocycles. The zero-order valence-electron chi connectivity index (χ0n) is 13.4. The summed E-state index contributed by atoms with van der Waals surface area (Å²) in [6, 6.07) is 4.17. The minimum atomic E-state index is -0.671. The van der Waals surface area contributed by atoms with E-state index in [-0.39, 0.29) is 41.9 Å². The van der Waals surface area contributed by atoms with Crippen LogP contribution in [0, 0.1) is 5.82 Å². The van der Waals surface area contributed by atoms with Crippen LogP contribution in [0.25, 0.3) is 0 Å². The third kappa shape index (κ3) is 3.26. The molecule has 2 aliphatic rings. The molecule has 0 radical (unpaired) electrons. The third-order valence-electron chi connectivity index (χ3n) is 4.21. The minimum Gasteiger partial charge on any atom is -0.468 e. The van der Waals surface area contributed by atoms with E-state index >= 15 is 0 Å². The van der Waals surface area contributed by atoms with Gasteiger partial charge in [0.1, 0.15) is 29.2 Å². The molecule has 8 nitrogen and oxygen atoms in total. The highest BCUT2D eigenvalue weighted by Crippen LogP contribution is 2.32. The van der Waals surface area contributed by atoms with E-state index in [0.717, 1.165) is 0 Å². The number of ether oxygens (including phenoxy) is 3. The van der Waals surface area contributed by atoms with Crippen molar-refractivity contribution in [2.24, 2.45) is 0 Å². The van der Waals surface area contributed by atoms with Gasteiger partial charge in [-0.15, -0.1) is 0 Å². The number of benzene rings is 1. The first-order chi connectivity index (χ1) is 12.5. The number of nitrogens with two attached hydrogens (primary N) is 1. The lowest BCUT2D eigenvalue weighted by atomic mass is 10.1. The number of halogens is 2. The molecule has 0 saturated carbocycles.